The van der Waals surface area contributed by atoms with Crippen LogP contribution >= 0.6 is 35.3 Å². The van der Waals surface area contributed by atoms with Crippen LogP contribution in [0.5, 0.6) is 0 Å². The molecular weight excluding hydrogens is 445 g/mol. The Balaban J connectivity index is 0.00000312. The number of rotatable bonds is 8. The normalized spacial score (nSPS) is 18.7. The van der Waals surface area contributed by atoms with Crippen molar-refractivity contribution in [2.45, 2.75) is 65.5 Å². The first-order chi connectivity index (χ1) is 11.7. The Labute approximate surface area is 174 Å². The fourth-order valence-corrected chi connectivity index (χ4v) is 3.84. The van der Waals surface area contributed by atoms with Crippen LogP contribution in [-0.2, 0) is 13.0 Å². The molecule has 2 heterocycles. The molecule has 1 fully saturated rings. The van der Waals surface area contributed by atoms with Crippen molar-refractivity contribution >= 4 is 41.3 Å². The third-order valence-corrected chi connectivity index (χ3v) is 5.65. The number of aryl methyl sites for hydroxylation is 1. The maximum absolute atomic E-state index is 4.66. The van der Waals surface area contributed by atoms with Gasteiger partial charge in [0.05, 0.1) is 6.54 Å². The second-order valence-electron chi connectivity index (χ2n) is 6.43. The summed E-state index contributed by atoms with van der Waals surface area (Å²) in [7, 11) is 0. The quantitative estimate of drug-likeness (QED) is 0.259. The summed E-state index contributed by atoms with van der Waals surface area (Å²) in [5.74, 6) is 0.900. The lowest BCUT2D eigenvalue weighted by Crippen LogP contribution is -2.41. The summed E-state index contributed by atoms with van der Waals surface area (Å²) in [6.45, 7) is 11.6. The van der Waals surface area contributed by atoms with Gasteiger partial charge in [-0.15, -0.1) is 35.3 Å². The van der Waals surface area contributed by atoms with Crippen molar-refractivity contribution in [2.75, 3.05) is 26.2 Å². The Hall–Kier alpha value is -0.410. The Bertz CT molecular complexity index is 505. The summed E-state index contributed by atoms with van der Waals surface area (Å²) < 4.78 is 0. The molecule has 0 spiro atoms. The Morgan fingerprint density at radius 3 is 2.88 bits per heavy atom. The van der Waals surface area contributed by atoms with E-state index in [1.165, 1.54) is 37.2 Å². The van der Waals surface area contributed by atoms with E-state index in [0.717, 1.165) is 42.9 Å². The number of guanidine groups is 1. The summed E-state index contributed by atoms with van der Waals surface area (Å²) in [5.41, 5.74) is 0. The van der Waals surface area contributed by atoms with Crippen LogP contribution in [0.4, 0.5) is 0 Å². The van der Waals surface area contributed by atoms with Crippen molar-refractivity contribution in [1.82, 2.24) is 20.5 Å². The van der Waals surface area contributed by atoms with E-state index in [1.54, 1.807) is 11.3 Å². The standard InChI is InChI=1S/C18H33N5S.HI/c1-4-16-13-21-17(24-16)14-22-18(19-5-2)20-10-8-12-23-11-7-6-9-15(23)3;/h13,15H,4-12,14H2,1-3H3,(H2,19,20,22);1H. The van der Waals surface area contributed by atoms with Crippen LogP contribution in [-0.4, -0.2) is 48.1 Å². The van der Waals surface area contributed by atoms with Crippen LogP contribution in [0, 0.1) is 0 Å². The van der Waals surface area contributed by atoms with Gasteiger partial charge in [-0.1, -0.05) is 13.3 Å². The number of halogens is 1. The van der Waals surface area contributed by atoms with E-state index in [1.807, 2.05) is 6.20 Å². The summed E-state index contributed by atoms with van der Waals surface area (Å²) >= 11 is 1.76. The molecule has 0 saturated carbocycles. The van der Waals surface area contributed by atoms with Gasteiger partial charge in [0.1, 0.15) is 5.01 Å². The molecule has 5 nitrogen and oxygen atoms in total. The van der Waals surface area contributed by atoms with Crippen LogP contribution in [0.1, 0.15) is 56.3 Å². The second kappa shape index (κ2) is 12.9. The number of hydrogen-bond acceptors (Lipinski definition) is 4. The molecule has 7 heteroatoms. The molecule has 25 heavy (non-hydrogen) atoms. The monoisotopic (exact) mass is 479 g/mol. The maximum Gasteiger partial charge on any atom is 0.191 e. The molecule has 1 aliphatic heterocycles. The highest BCUT2D eigenvalue weighted by Crippen LogP contribution is 2.16. The molecule has 2 N–H and O–H groups in total. The minimum Gasteiger partial charge on any atom is -0.357 e. The van der Waals surface area contributed by atoms with E-state index >= 15 is 0 Å². The number of nitrogens with zero attached hydrogens (tertiary/aromatic N) is 3. The van der Waals surface area contributed by atoms with Crippen LogP contribution in [0.25, 0.3) is 0 Å². The summed E-state index contributed by atoms with van der Waals surface area (Å²) in [5, 5.41) is 7.87. The van der Waals surface area contributed by atoms with Crippen molar-refractivity contribution in [2.24, 2.45) is 4.99 Å². The highest BCUT2D eigenvalue weighted by atomic mass is 127. The van der Waals surface area contributed by atoms with Gasteiger partial charge < -0.3 is 15.5 Å². The van der Waals surface area contributed by atoms with Gasteiger partial charge in [-0.25, -0.2) is 9.98 Å². The molecular formula is C18H34IN5S. The molecule has 0 aliphatic carbocycles. The predicted octanol–water partition coefficient (Wildman–Crippen LogP) is 3.64. The molecule has 1 saturated heterocycles. The molecule has 1 unspecified atom stereocenters. The van der Waals surface area contributed by atoms with Crippen molar-refractivity contribution in [3.8, 4) is 0 Å². The fourth-order valence-electron chi connectivity index (χ4n) is 3.05. The lowest BCUT2D eigenvalue weighted by atomic mass is 10.0. The Kier molecular flexibility index (Phi) is 11.6. The number of hydrogen-bond donors (Lipinski definition) is 2. The van der Waals surface area contributed by atoms with E-state index < -0.39 is 0 Å². The van der Waals surface area contributed by atoms with E-state index in [4.69, 9.17) is 0 Å². The van der Waals surface area contributed by atoms with Crippen LogP contribution in [0.3, 0.4) is 0 Å². The van der Waals surface area contributed by atoms with E-state index in [9.17, 15) is 0 Å². The fraction of sp³-hybridized carbons (Fsp3) is 0.778. The summed E-state index contributed by atoms with van der Waals surface area (Å²) in [4.78, 5) is 13.0. The van der Waals surface area contributed by atoms with Gasteiger partial charge in [-0.3, -0.25) is 0 Å². The first-order valence-electron chi connectivity index (χ1n) is 9.42. The zero-order valence-electron chi connectivity index (χ0n) is 15.9. The van der Waals surface area contributed by atoms with Crippen molar-refractivity contribution < 1.29 is 0 Å². The maximum atomic E-state index is 4.66. The summed E-state index contributed by atoms with van der Waals surface area (Å²) in [6, 6.07) is 0.748. The molecule has 1 aliphatic rings. The lowest BCUT2D eigenvalue weighted by molar-refractivity contribution is 0.159. The highest BCUT2D eigenvalue weighted by Gasteiger charge is 2.17. The SMILES string of the molecule is CCNC(=NCc1ncc(CC)s1)NCCCN1CCCCC1C.I. The van der Waals surface area contributed by atoms with E-state index in [-0.39, 0.29) is 24.0 Å². The Morgan fingerprint density at radius 1 is 1.36 bits per heavy atom. The van der Waals surface area contributed by atoms with Gasteiger partial charge in [-0.05, 0) is 46.1 Å². The molecule has 0 aromatic carbocycles. The van der Waals surface area contributed by atoms with Crippen molar-refractivity contribution in [3.63, 3.8) is 0 Å². The van der Waals surface area contributed by atoms with Crippen LogP contribution in [0.15, 0.2) is 11.2 Å². The van der Waals surface area contributed by atoms with Gasteiger partial charge in [0, 0.05) is 36.8 Å². The third-order valence-electron chi connectivity index (χ3n) is 4.52. The molecule has 0 radical (unpaired) electrons. The topological polar surface area (TPSA) is 52.6 Å². The number of thiazole rings is 1. The number of likely N-dealkylation sites (tertiary alicyclic amines) is 1. The smallest absolute Gasteiger partial charge is 0.191 e. The zero-order valence-corrected chi connectivity index (χ0v) is 19.0. The molecule has 144 valence electrons. The van der Waals surface area contributed by atoms with Crippen molar-refractivity contribution in [3.05, 3.63) is 16.1 Å². The number of aliphatic imine (C=N–C) groups is 1. The second-order valence-corrected chi connectivity index (χ2v) is 7.63. The van der Waals surface area contributed by atoms with Crippen LogP contribution < -0.4 is 10.6 Å². The molecule has 0 bridgehead atoms. The average molecular weight is 479 g/mol. The number of aromatic nitrogens is 1. The molecule has 0 amide bonds. The molecule has 1 aromatic heterocycles. The van der Waals surface area contributed by atoms with Gasteiger partial charge >= 0.3 is 0 Å². The predicted molar refractivity (Wildman–Crippen MR) is 119 cm³/mol. The Morgan fingerprint density at radius 2 is 2.20 bits per heavy atom. The van der Waals surface area contributed by atoms with Crippen LogP contribution in [0.2, 0.25) is 0 Å². The first kappa shape index (κ1) is 22.6. The van der Waals surface area contributed by atoms with Gasteiger partial charge in [0.25, 0.3) is 0 Å². The zero-order chi connectivity index (χ0) is 17.2. The van der Waals surface area contributed by atoms with E-state index in [0.29, 0.717) is 6.54 Å². The molecule has 2 rings (SSSR count). The largest absolute Gasteiger partial charge is 0.357 e. The van der Waals surface area contributed by atoms with E-state index in [2.05, 4.69) is 46.3 Å². The molecule has 1 aromatic rings. The van der Waals surface area contributed by atoms with Gasteiger partial charge in [-0.2, -0.15) is 0 Å². The average Bonchev–Trinajstić information content (AvgIpc) is 3.06. The lowest BCUT2D eigenvalue weighted by Gasteiger charge is -2.33. The highest BCUT2D eigenvalue weighted by molar-refractivity contribution is 14.0. The van der Waals surface area contributed by atoms with Gasteiger partial charge in [0.2, 0.25) is 0 Å². The third kappa shape index (κ3) is 8.21. The van der Waals surface area contributed by atoms with Gasteiger partial charge in [0.15, 0.2) is 5.96 Å². The summed E-state index contributed by atoms with van der Waals surface area (Å²) in [6.07, 6.45) is 8.28. The van der Waals surface area contributed by atoms with Crippen molar-refractivity contribution in [1.29, 1.82) is 0 Å². The number of nitrogens with one attached hydrogen (secondary N) is 2. The minimum absolute atomic E-state index is 0. The first-order valence-corrected chi connectivity index (χ1v) is 10.2. The molecule has 1 atom stereocenters. The number of piperidine rings is 1. The minimum atomic E-state index is 0.